The molecule has 1 aliphatic heterocycles. The van der Waals surface area contributed by atoms with Gasteiger partial charge in [-0.1, -0.05) is 6.42 Å². The summed E-state index contributed by atoms with van der Waals surface area (Å²) in [5.74, 6) is 0. The second-order valence-corrected chi connectivity index (χ2v) is 1.80. The summed E-state index contributed by atoms with van der Waals surface area (Å²) < 4.78 is 4.87. The van der Waals surface area contributed by atoms with E-state index in [9.17, 15) is 5.11 Å². The standard InChI is InChI=1S/C5H9O2/c6-3-1-2-5-4-7-5/h5H,1-4H2/q-1. The summed E-state index contributed by atoms with van der Waals surface area (Å²) in [6.45, 7) is 0.944. The van der Waals surface area contributed by atoms with Gasteiger partial charge in [0.05, 0.1) is 12.7 Å². The van der Waals surface area contributed by atoms with E-state index in [0.717, 1.165) is 19.4 Å². The molecule has 0 spiro atoms. The molecule has 0 aromatic rings. The van der Waals surface area contributed by atoms with E-state index in [-0.39, 0.29) is 6.61 Å². The monoisotopic (exact) mass is 101 g/mol. The van der Waals surface area contributed by atoms with Crippen molar-refractivity contribution in [2.75, 3.05) is 13.2 Å². The Morgan fingerprint density at radius 1 is 1.71 bits per heavy atom. The zero-order valence-electron chi connectivity index (χ0n) is 4.22. The first kappa shape index (κ1) is 5.06. The third-order valence-corrected chi connectivity index (χ3v) is 1.07. The summed E-state index contributed by atoms with van der Waals surface area (Å²) in [7, 11) is 0. The topological polar surface area (TPSA) is 35.6 Å². The van der Waals surface area contributed by atoms with Crippen molar-refractivity contribution >= 4 is 0 Å². The van der Waals surface area contributed by atoms with Crippen LogP contribution in [0.3, 0.4) is 0 Å². The molecule has 1 saturated heterocycles. The first-order valence-corrected chi connectivity index (χ1v) is 2.63. The maximum Gasteiger partial charge on any atom is 0.0809 e. The van der Waals surface area contributed by atoms with Gasteiger partial charge in [-0.05, 0) is 6.42 Å². The Morgan fingerprint density at radius 2 is 2.43 bits per heavy atom. The lowest BCUT2D eigenvalue weighted by molar-refractivity contribution is -0.368. The lowest BCUT2D eigenvalue weighted by atomic mass is 10.3. The number of hydrogen-bond acceptors (Lipinski definition) is 2. The van der Waals surface area contributed by atoms with Gasteiger partial charge >= 0.3 is 0 Å². The van der Waals surface area contributed by atoms with Crippen LogP contribution in [0.15, 0.2) is 0 Å². The molecule has 2 nitrogen and oxygen atoms in total. The average Bonchev–Trinajstić information content (AvgIpc) is 2.42. The van der Waals surface area contributed by atoms with Crippen LogP contribution < -0.4 is 5.11 Å². The molecule has 0 radical (unpaired) electrons. The van der Waals surface area contributed by atoms with Crippen molar-refractivity contribution in [2.45, 2.75) is 18.9 Å². The van der Waals surface area contributed by atoms with Crippen molar-refractivity contribution < 1.29 is 9.84 Å². The highest BCUT2D eigenvalue weighted by Crippen LogP contribution is 2.13. The maximum absolute atomic E-state index is 9.81. The van der Waals surface area contributed by atoms with E-state index in [1.807, 2.05) is 0 Å². The van der Waals surface area contributed by atoms with Crippen molar-refractivity contribution in [3.63, 3.8) is 0 Å². The van der Waals surface area contributed by atoms with Crippen molar-refractivity contribution in [1.82, 2.24) is 0 Å². The van der Waals surface area contributed by atoms with Crippen LogP contribution in [0.1, 0.15) is 12.8 Å². The minimum absolute atomic E-state index is 0.0554. The van der Waals surface area contributed by atoms with E-state index in [1.165, 1.54) is 0 Å². The third-order valence-electron chi connectivity index (χ3n) is 1.07. The summed E-state index contributed by atoms with van der Waals surface area (Å²) in [4.78, 5) is 0. The zero-order chi connectivity index (χ0) is 5.11. The van der Waals surface area contributed by atoms with Crippen LogP contribution in [0.5, 0.6) is 0 Å². The van der Waals surface area contributed by atoms with Gasteiger partial charge in [-0.15, -0.1) is 6.61 Å². The van der Waals surface area contributed by atoms with Gasteiger partial charge in [0.1, 0.15) is 0 Å². The Bertz CT molecular complexity index is 50.0. The molecule has 1 rings (SSSR count). The molecule has 1 fully saturated rings. The highest BCUT2D eigenvalue weighted by molar-refractivity contribution is 4.67. The molecule has 1 atom stereocenters. The average molecular weight is 101 g/mol. The van der Waals surface area contributed by atoms with Gasteiger partial charge in [-0.2, -0.15) is 0 Å². The molecule has 1 unspecified atom stereocenters. The van der Waals surface area contributed by atoms with Gasteiger partial charge in [0.15, 0.2) is 0 Å². The summed E-state index contributed by atoms with van der Waals surface area (Å²) in [6.07, 6.45) is 2.21. The van der Waals surface area contributed by atoms with Crippen LogP contribution in [-0.2, 0) is 4.74 Å². The van der Waals surface area contributed by atoms with Gasteiger partial charge in [0, 0.05) is 0 Å². The molecule has 7 heavy (non-hydrogen) atoms. The highest BCUT2D eigenvalue weighted by atomic mass is 16.6. The van der Waals surface area contributed by atoms with Crippen molar-refractivity contribution in [2.24, 2.45) is 0 Å². The maximum atomic E-state index is 9.81. The summed E-state index contributed by atoms with van der Waals surface area (Å²) in [5, 5.41) is 9.81. The normalized spacial score (nSPS) is 27.9. The predicted octanol–water partition coefficient (Wildman–Crippen LogP) is -0.474. The molecule has 0 aromatic carbocycles. The Hall–Kier alpha value is -0.0800. The van der Waals surface area contributed by atoms with Crippen LogP contribution in [0, 0.1) is 0 Å². The second kappa shape index (κ2) is 2.28. The molecular weight excluding hydrogens is 92.1 g/mol. The molecule has 0 aliphatic carbocycles. The summed E-state index contributed by atoms with van der Waals surface area (Å²) in [5.41, 5.74) is 0. The number of ether oxygens (including phenoxy) is 1. The zero-order valence-corrected chi connectivity index (χ0v) is 4.22. The Labute approximate surface area is 43.1 Å². The van der Waals surface area contributed by atoms with Gasteiger partial charge in [-0.3, -0.25) is 0 Å². The third kappa shape index (κ3) is 1.90. The number of rotatable bonds is 3. The summed E-state index contributed by atoms with van der Waals surface area (Å²) in [6, 6.07) is 0. The van der Waals surface area contributed by atoms with Crippen LogP contribution in [0.25, 0.3) is 0 Å². The Balaban J connectivity index is 1.80. The summed E-state index contributed by atoms with van der Waals surface area (Å²) >= 11 is 0. The van der Waals surface area contributed by atoms with E-state index in [4.69, 9.17) is 4.74 Å². The molecular formula is C5H9O2-. The fourth-order valence-corrected chi connectivity index (χ4v) is 0.546. The highest BCUT2D eigenvalue weighted by Gasteiger charge is 2.19. The molecule has 1 heterocycles. The van der Waals surface area contributed by atoms with Crippen LogP contribution >= 0.6 is 0 Å². The van der Waals surface area contributed by atoms with E-state index >= 15 is 0 Å². The smallest absolute Gasteiger partial charge is 0.0809 e. The quantitative estimate of drug-likeness (QED) is 0.450. The minimum Gasteiger partial charge on any atom is -0.854 e. The Kier molecular flexibility index (Phi) is 1.65. The van der Waals surface area contributed by atoms with Crippen LogP contribution in [-0.4, -0.2) is 19.3 Å². The van der Waals surface area contributed by atoms with Gasteiger partial charge in [0.2, 0.25) is 0 Å². The lowest BCUT2D eigenvalue weighted by Crippen LogP contribution is -2.05. The van der Waals surface area contributed by atoms with Crippen LogP contribution in [0.4, 0.5) is 0 Å². The molecule has 0 amide bonds. The largest absolute Gasteiger partial charge is 0.854 e. The first-order valence-electron chi connectivity index (χ1n) is 2.63. The lowest BCUT2D eigenvalue weighted by Gasteiger charge is -1.97. The number of epoxide rings is 1. The van der Waals surface area contributed by atoms with Crippen LogP contribution in [0.2, 0.25) is 0 Å². The molecule has 0 N–H and O–H groups in total. The van der Waals surface area contributed by atoms with E-state index in [2.05, 4.69) is 0 Å². The van der Waals surface area contributed by atoms with Gasteiger partial charge in [-0.25, -0.2) is 0 Å². The van der Waals surface area contributed by atoms with Crippen molar-refractivity contribution in [3.05, 3.63) is 0 Å². The molecule has 1 aliphatic rings. The van der Waals surface area contributed by atoms with Gasteiger partial charge in [0.25, 0.3) is 0 Å². The van der Waals surface area contributed by atoms with E-state index in [1.54, 1.807) is 0 Å². The molecule has 0 bridgehead atoms. The molecule has 0 aromatic heterocycles. The van der Waals surface area contributed by atoms with Gasteiger partial charge < -0.3 is 9.84 Å². The Morgan fingerprint density at radius 3 is 2.86 bits per heavy atom. The predicted molar refractivity (Wildman–Crippen MR) is 23.8 cm³/mol. The second-order valence-electron chi connectivity index (χ2n) is 1.80. The first-order chi connectivity index (χ1) is 3.43. The molecule has 0 saturated carbocycles. The molecule has 2 heteroatoms. The number of hydrogen-bond donors (Lipinski definition) is 0. The van der Waals surface area contributed by atoms with E-state index in [0.29, 0.717) is 6.10 Å². The minimum atomic E-state index is 0.0554. The fraction of sp³-hybridized carbons (Fsp3) is 1.00. The van der Waals surface area contributed by atoms with E-state index < -0.39 is 0 Å². The molecule has 42 valence electrons. The van der Waals surface area contributed by atoms with Crippen molar-refractivity contribution in [1.29, 1.82) is 0 Å². The fourth-order valence-electron chi connectivity index (χ4n) is 0.546. The SMILES string of the molecule is [O-]CCCC1CO1. The van der Waals surface area contributed by atoms with Crippen molar-refractivity contribution in [3.8, 4) is 0 Å².